The van der Waals surface area contributed by atoms with Crippen LogP contribution in [0.3, 0.4) is 0 Å². The molecule has 3 N–H and O–H groups in total. The quantitative estimate of drug-likeness (QED) is 0.191. The Kier molecular flexibility index (Phi) is 9.78. The highest BCUT2D eigenvalue weighted by molar-refractivity contribution is 5.99. The topological polar surface area (TPSA) is 90.9 Å². The number of amides is 2. The highest BCUT2D eigenvalue weighted by atomic mass is 16.5. The second-order valence-electron chi connectivity index (χ2n) is 11.6. The first-order valence-electron chi connectivity index (χ1n) is 15.1. The van der Waals surface area contributed by atoms with Crippen LogP contribution < -0.4 is 15.4 Å². The molecule has 1 saturated carbocycles. The minimum absolute atomic E-state index is 0.134. The summed E-state index contributed by atoms with van der Waals surface area (Å²) in [6.07, 6.45) is 1.52. The normalized spacial score (nSPS) is 15.5. The van der Waals surface area contributed by atoms with E-state index in [2.05, 4.69) is 16.7 Å². The largest absolute Gasteiger partial charge is 0.497 e. The van der Waals surface area contributed by atoms with Crippen molar-refractivity contribution in [3.8, 4) is 5.75 Å². The van der Waals surface area contributed by atoms with Gasteiger partial charge in [0.15, 0.2) is 0 Å². The molecule has 44 heavy (non-hydrogen) atoms. The third-order valence-electron chi connectivity index (χ3n) is 8.66. The molecule has 4 aromatic carbocycles. The molecule has 1 aliphatic carbocycles. The molecule has 0 saturated heterocycles. The SMILES string of the molecule is COc1cccc(C2(NC[C@@H](O)[C@H](Cc3ccccc3)NC(=O)c3cccc(C(=O)N(C)[C@H](C)c4ccccc4)c3)CC2)c1. The van der Waals surface area contributed by atoms with E-state index in [0.717, 1.165) is 35.3 Å². The summed E-state index contributed by atoms with van der Waals surface area (Å²) in [5.74, 6) is 0.285. The van der Waals surface area contributed by atoms with Crippen molar-refractivity contribution in [1.29, 1.82) is 0 Å². The Morgan fingerprint density at radius 3 is 2.23 bits per heavy atom. The molecule has 0 heterocycles. The van der Waals surface area contributed by atoms with Gasteiger partial charge in [0.25, 0.3) is 11.8 Å². The number of hydrogen-bond donors (Lipinski definition) is 3. The zero-order valence-electron chi connectivity index (χ0n) is 25.6. The maximum absolute atomic E-state index is 13.6. The van der Waals surface area contributed by atoms with Crippen molar-refractivity contribution in [2.75, 3.05) is 20.7 Å². The molecule has 2 amide bonds. The first-order chi connectivity index (χ1) is 21.3. The van der Waals surface area contributed by atoms with Gasteiger partial charge in [0, 0.05) is 30.3 Å². The van der Waals surface area contributed by atoms with E-state index in [1.807, 2.05) is 85.8 Å². The molecule has 0 unspecified atom stereocenters. The molecule has 1 fully saturated rings. The molecule has 0 spiro atoms. The molecular formula is C37H41N3O4. The van der Waals surface area contributed by atoms with Gasteiger partial charge in [0.05, 0.1) is 25.3 Å². The van der Waals surface area contributed by atoms with Gasteiger partial charge in [0.2, 0.25) is 0 Å². The lowest BCUT2D eigenvalue weighted by molar-refractivity contribution is 0.0742. The van der Waals surface area contributed by atoms with Gasteiger partial charge < -0.3 is 25.4 Å². The van der Waals surface area contributed by atoms with Crippen LogP contribution in [0.1, 0.15) is 63.2 Å². The molecule has 0 radical (unpaired) electrons. The van der Waals surface area contributed by atoms with Gasteiger partial charge in [-0.2, -0.15) is 0 Å². The van der Waals surface area contributed by atoms with Crippen LogP contribution in [0, 0.1) is 0 Å². The zero-order valence-corrected chi connectivity index (χ0v) is 25.6. The Labute approximate surface area is 259 Å². The van der Waals surface area contributed by atoms with E-state index in [4.69, 9.17) is 4.74 Å². The number of nitrogens with one attached hydrogen (secondary N) is 2. The third-order valence-corrected chi connectivity index (χ3v) is 8.66. The number of methoxy groups -OCH3 is 1. The van der Waals surface area contributed by atoms with Crippen molar-refractivity contribution in [2.24, 2.45) is 0 Å². The van der Waals surface area contributed by atoms with Gasteiger partial charge in [-0.25, -0.2) is 0 Å². The van der Waals surface area contributed by atoms with Crippen LogP contribution in [0.4, 0.5) is 0 Å². The van der Waals surface area contributed by atoms with E-state index in [1.54, 1.807) is 43.3 Å². The van der Waals surface area contributed by atoms with Crippen LogP contribution in [0.15, 0.2) is 109 Å². The summed E-state index contributed by atoms with van der Waals surface area (Å²) in [6.45, 7) is 2.28. The fraction of sp³-hybridized carbons (Fsp3) is 0.297. The number of carbonyl (C=O) groups is 2. The van der Waals surface area contributed by atoms with Gasteiger partial charge in [0.1, 0.15) is 5.75 Å². The summed E-state index contributed by atoms with van der Waals surface area (Å²) in [6, 6.07) is 33.7. The minimum atomic E-state index is -0.857. The molecule has 7 heteroatoms. The lowest BCUT2D eigenvalue weighted by Gasteiger charge is -2.28. The van der Waals surface area contributed by atoms with Gasteiger partial charge in [-0.1, -0.05) is 78.9 Å². The predicted octanol–water partition coefficient (Wildman–Crippen LogP) is 5.51. The minimum Gasteiger partial charge on any atom is -0.497 e. The van der Waals surface area contributed by atoms with E-state index in [0.29, 0.717) is 24.1 Å². The smallest absolute Gasteiger partial charge is 0.254 e. The number of nitrogens with zero attached hydrogens (tertiary/aromatic N) is 1. The number of hydrogen-bond acceptors (Lipinski definition) is 5. The van der Waals surface area contributed by atoms with E-state index >= 15 is 0 Å². The zero-order chi connectivity index (χ0) is 31.1. The van der Waals surface area contributed by atoms with Gasteiger partial charge in [-0.05, 0) is 73.2 Å². The summed E-state index contributed by atoms with van der Waals surface area (Å²) >= 11 is 0. The average molecular weight is 592 g/mol. The summed E-state index contributed by atoms with van der Waals surface area (Å²) in [7, 11) is 3.42. The van der Waals surface area contributed by atoms with Crippen LogP contribution >= 0.6 is 0 Å². The highest BCUT2D eigenvalue weighted by Crippen LogP contribution is 2.46. The number of carbonyl (C=O) groups excluding carboxylic acids is 2. The molecule has 4 aromatic rings. The van der Waals surface area contributed by atoms with E-state index < -0.39 is 12.1 Å². The fourth-order valence-electron chi connectivity index (χ4n) is 5.59. The Bertz CT molecular complexity index is 1560. The second kappa shape index (κ2) is 13.9. The van der Waals surface area contributed by atoms with Crippen LogP contribution in [0.25, 0.3) is 0 Å². The van der Waals surface area contributed by atoms with Crippen molar-refractivity contribution < 1.29 is 19.4 Å². The fourth-order valence-corrected chi connectivity index (χ4v) is 5.59. The summed E-state index contributed by atoms with van der Waals surface area (Å²) in [4.78, 5) is 28.6. The average Bonchev–Trinajstić information content (AvgIpc) is 3.88. The maximum Gasteiger partial charge on any atom is 0.254 e. The first-order valence-corrected chi connectivity index (χ1v) is 15.1. The number of aliphatic hydroxyl groups is 1. The molecule has 228 valence electrons. The molecule has 5 rings (SSSR count). The van der Waals surface area contributed by atoms with Gasteiger partial charge in [-0.3, -0.25) is 9.59 Å². The lowest BCUT2D eigenvalue weighted by Crippen LogP contribution is -2.50. The van der Waals surface area contributed by atoms with E-state index in [9.17, 15) is 14.7 Å². The summed E-state index contributed by atoms with van der Waals surface area (Å²) in [5.41, 5.74) is 3.74. The van der Waals surface area contributed by atoms with Crippen molar-refractivity contribution in [3.63, 3.8) is 0 Å². The van der Waals surface area contributed by atoms with Crippen LogP contribution in [0.5, 0.6) is 5.75 Å². The Hall–Kier alpha value is -4.46. The third kappa shape index (κ3) is 7.36. The van der Waals surface area contributed by atoms with Gasteiger partial charge in [-0.15, -0.1) is 0 Å². The number of ether oxygens (including phenoxy) is 1. The molecule has 0 aromatic heterocycles. The number of benzene rings is 4. The van der Waals surface area contributed by atoms with Crippen molar-refractivity contribution in [3.05, 3.63) is 137 Å². The maximum atomic E-state index is 13.6. The van der Waals surface area contributed by atoms with E-state index in [-0.39, 0.29) is 23.4 Å². The Morgan fingerprint density at radius 1 is 0.886 bits per heavy atom. The predicted molar refractivity (Wildman–Crippen MR) is 173 cm³/mol. The summed E-state index contributed by atoms with van der Waals surface area (Å²) < 4.78 is 5.41. The molecular weight excluding hydrogens is 550 g/mol. The van der Waals surface area contributed by atoms with Crippen LogP contribution in [-0.4, -0.2) is 54.7 Å². The standard InChI is InChI=1S/C37H41N3O4/c1-26(28-14-8-5-9-15-28)40(2)36(43)30-17-10-16-29(23-30)35(42)39-33(22-27-12-6-4-7-13-27)34(41)25-38-37(20-21-37)31-18-11-19-32(24-31)44-3/h4-19,23-24,26,33-34,38,41H,20-22,25H2,1-3H3,(H,39,42)/t26-,33+,34-/m1/s1. The monoisotopic (exact) mass is 591 g/mol. The molecule has 0 aliphatic heterocycles. The first kappa shape index (κ1) is 31.0. The number of aliphatic hydroxyl groups excluding tert-OH is 1. The van der Waals surface area contributed by atoms with Crippen molar-refractivity contribution >= 4 is 11.8 Å². The van der Waals surface area contributed by atoms with E-state index in [1.165, 1.54) is 0 Å². The highest BCUT2D eigenvalue weighted by Gasteiger charge is 2.44. The molecule has 1 aliphatic rings. The van der Waals surface area contributed by atoms with Crippen molar-refractivity contribution in [1.82, 2.24) is 15.5 Å². The Morgan fingerprint density at radius 2 is 1.55 bits per heavy atom. The molecule has 0 bridgehead atoms. The van der Waals surface area contributed by atoms with Crippen molar-refractivity contribution in [2.45, 2.75) is 49.9 Å². The van der Waals surface area contributed by atoms with Crippen LogP contribution in [0.2, 0.25) is 0 Å². The lowest BCUT2D eigenvalue weighted by atomic mass is 9.99. The Balaban J connectivity index is 1.29. The molecule has 3 atom stereocenters. The number of rotatable bonds is 13. The van der Waals surface area contributed by atoms with Gasteiger partial charge >= 0.3 is 0 Å². The van der Waals surface area contributed by atoms with Crippen LogP contribution in [-0.2, 0) is 12.0 Å². The molecule has 7 nitrogen and oxygen atoms in total. The second-order valence-corrected chi connectivity index (χ2v) is 11.6. The summed E-state index contributed by atoms with van der Waals surface area (Å²) in [5, 5.41) is 18.1.